The quantitative estimate of drug-likeness (QED) is 0.621. The first-order valence-corrected chi connectivity index (χ1v) is 13.2. The number of carbonyl (C=O) groups is 1. The monoisotopic (exact) mass is 481 g/mol. The van der Waals surface area contributed by atoms with Crippen molar-refractivity contribution in [3.8, 4) is 5.75 Å². The van der Waals surface area contributed by atoms with Crippen LogP contribution in [0.5, 0.6) is 5.75 Å². The summed E-state index contributed by atoms with van der Waals surface area (Å²) >= 11 is 0. The van der Waals surface area contributed by atoms with E-state index in [9.17, 15) is 21.6 Å². The zero-order chi connectivity index (χ0) is 23.5. The molecule has 0 aromatic heterocycles. The molecule has 2 aromatic carbocycles. The Hall–Kier alpha value is -2.47. The van der Waals surface area contributed by atoms with Crippen LogP contribution < -0.4 is 15.2 Å². The molecule has 0 atom stereocenters. The van der Waals surface area contributed by atoms with E-state index in [0.29, 0.717) is 30.9 Å². The molecule has 1 aliphatic heterocycles. The summed E-state index contributed by atoms with van der Waals surface area (Å²) in [5, 5.41) is 7.81. The third-order valence-electron chi connectivity index (χ3n) is 5.36. The van der Waals surface area contributed by atoms with Gasteiger partial charge in [0.2, 0.25) is 26.0 Å². The zero-order valence-electron chi connectivity index (χ0n) is 17.9. The summed E-state index contributed by atoms with van der Waals surface area (Å²) in [6, 6.07) is 10.4. The van der Waals surface area contributed by atoms with Gasteiger partial charge in [-0.05, 0) is 74.7 Å². The number of nitrogens with zero attached hydrogens (tertiary/aromatic N) is 1. The van der Waals surface area contributed by atoms with Crippen LogP contribution in [-0.4, -0.2) is 46.7 Å². The maximum atomic E-state index is 13.0. The van der Waals surface area contributed by atoms with E-state index in [1.807, 2.05) is 6.92 Å². The van der Waals surface area contributed by atoms with Gasteiger partial charge < -0.3 is 10.1 Å². The molecular weight excluding hydrogens is 454 g/mol. The topological polar surface area (TPSA) is 136 Å². The number of anilines is 1. The van der Waals surface area contributed by atoms with E-state index < -0.39 is 20.0 Å². The number of amides is 1. The van der Waals surface area contributed by atoms with E-state index in [0.717, 1.165) is 5.56 Å². The predicted octanol–water partition coefficient (Wildman–Crippen LogP) is 2.08. The number of primary sulfonamides is 1. The van der Waals surface area contributed by atoms with Gasteiger partial charge in [-0.1, -0.05) is 0 Å². The van der Waals surface area contributed by atoms with Crippen LogP contribution >= 0.6 is 0 Å². The fraction of sp³-hybridized carbons (Fsp3) is 0.381. The average molecular weight is 482 g/mol. The number of piperidine rings is 1. The standard InChI is InChI=1S/C21H27N3O6S2/c1-3-30-20-9-8-19(14-15(20)2)32(28,29)24-12-10-16(11-13-24)21(25)23-17-4-6-18(7-5-17)31(22,26)27/h4-9,14,16H,3,10-13H2,1-2H3,(H,23,25)(H2,22,26,27). The van der Waals surface area contributed by atoms with E-state index in [2.05, 4.69) is 5.32 Å². The van der Waals surface area contributed by atoms with Crippen LogP contribution in [0.15, 0.2) is 52.3 Å². The molecule has 0 spiro atoms. The fourth-order valence-electron chi connectivity index (χ4n) is 3.58. The van der Waals surface area contributed by atoms with Gasteiger partial charge in [0, 0.05) is 24.7 Å². The highest BCUT2D eigenvalue weighted by Gasteiger charge is 2.32. The van der Waals surface area contributed by atoms with E-state index in [-0.39, 0.29) is 34.7 Å². The molecule has 0 unspecified atom stereocenters. The van der Waals surface area contributed by atoms with Crippen molar-refractivity contribution in [2.45, 2.75) is 36.5 Å². The van der Waals surface area contributed by atoms with Gasteiger partial charge in [-0.25, -0.2) is 22.0 Å². The van der Waals surface area contributed by atoms with Gasteiger partial charge in [0.1, 0.15) is 5.75 Å². The Morgan fingerprint density at radius 2 is 1.66 bits per heavy atom. The van der Waals surface area contributed by atoms with Gasteiger partial charge >= 0.3 is 0 Å². The van der Waals surface area contributed by atoms with Crippen molar-refractivity contribution in [2.24, 2.45) is 11.1 Å². The highest BCUT2D eigenvalue weighted by atomic mass is 32.2. The summed E-state index contributed by atoms with van der Waals surface area (Å²) in [4.78, 5) is 12.7. The Morgan fingerprint density at radius 3 is 2.19 bits per heavy atom. The summed E-state index contributed by atoms with van der Waals surface area (Å²) in [5.41, 5.74) is 1.19. The van der Waals surface area contributed by atoms with Crippen LogP contribution in [0.1, 0.15) is 25.3 Å². The number of nitrogens with two attached hydrogens (primary N) is 1. The van der Waals surface area contributed by atoms with E-state index in [4.69, 9.17) is 9.88 Å². The van der Waals surface area contributed by atoms with E-state index in [1.165, 1.54) is 34.6 Å². The molecule has 11 heteroatoms. The molecular formula is C21H27N3O6S2. The minimum atomic E-state index is -3.80. The lowest BCUT2D eigenvalue weighted by atomic mass is 9.97. The molecule has 1 saturated heterocycles. The molecule has 1 heterocycles. The maximum Gasteiger partial charge on any atom is 0.243 e. The first-order valence-electron chi connectivity index (χ1n) is 10.2. The normalized spacial score (nSPS) is 16.0. The second-order valence-electron chi connectivity index (χ2n) is 7.60. The third-order valence-corrected chi connectivity index (χ3v) is 8.18. The number of nitrogens with one attached hydrogen (secondary N) is 1. The van der Waals surface area contributed by atoms with Gasteiger partial charge in [0.15, 0.2) is 0 Å². The molecule has 3 N–H and O–H groups in total. The Morgan fingerprint density at radius 1 is 1.06 bits per heavy atom. The number of sulfonamides is 2. The highest BCUT2D eigenvalue weighted by Crippen LogP contribution is 2.28. The molecule has 0 aliphatic carbocycles. The first kappa shape index (κ1) is 24.2. The molecule has 0 bridgehead atoms. The van der Waals surface area contributed by atoms with Crippen LogP contribution in [0.2, 0.25) is 0 Å². The number of benzene rings is 2. The number of carbonyl (C=O) groups excluding carboxylic acids is 1. The molecule has 32 heavy (non-hydrogen) atoms. The van der Waals surface area contributed by atoms with Crippen LogP contribution in [-0.2, 0) is 24.8 Å². The van der Waals surface area contributed by atoms with Crippen molar-refractivity contribution in [1.82, 2.24) is 4.31 Å². The Labute approximate surface area is 188 Å². The number of hydrogen-bond donors (Lipinski definition) is 2. The lowest BCUT2D eigenvalue weighted by molar-refractivity contribution is -0.120. The fourth-order valence-corrected chi connectivity index (χ4v) is 5.65. The smallest absolute Gasteiger partial charge is 0.243 e. The molecule has 174 valence electrons. The Bertz CT molecular complexity index is 1190. The van der Waals surface area contributed by atoms with Gasteiger partial charge in [-0.2, -0.15) is 4.31 Å². The van der Waals surface area contributed by atoms with Gasteiger partial charge in [-0.3, -0.25) is 4.79 Å². The van der Waals surface area contributed by atoms with Crippen molar-refractivity contribution in [3.05, 3.63) is 48.0 Å². The third kappa shape index (κ3) is 5.47. The number of aryl methyl sites for hydroxylation is 1. The van der Waals surface area contributed by atoms with Gasteiger partial charge in [0.25, 0.3) is 0 Å². The van der Waals surface area contributed by atoms with Crippen LogP contribution in [0.25, 0.3) is 0 Å². The molecule has 3 rings (SSSR count). The molecule has 2 aromatic rings. The predicted molar refractivity (Wildman–Crippen MR) is 120 cm³/mol. The summed E-state index contributed by atoms with van der Waals surface area (Å²) in [6.07, 6.45) is 0.771. The molecule has 0 radical (unpaired) electrons. The van der Waals surface area contributed by atoms with Crippen LogP contribution in [0.4, 0.5) is 5.69 Å². The van der Waals surface area contributed by atoms with Crippen molar-refractivity contribution in [2.75, 3.05) is 25.0 Å². The van der Waals surface area contributed by atoms with E-state index >= 15 is 0 Å². The second-order valence-corrected chi connectivity index (χ2v) is 11.1. The minimum absolute atomic E-state index is 0.0430. The van der Waals surface area contributed by atoms with Crippen molar-refractivity contribution in [1.29, 1.82) is 0 Å². The molecule has 1 fully saturated rings. The van der Waals surface area contributed by atoms with E-state index in [1.54, 1.807) is 19.1 Å². The largest absolute Gasteiger partial charge is 0.494 e. The minimum Gasteiger partial charge on any atom is -0.494 e. The van der Waals surface area contributed by atoms with Crippen molar-refractivity contribution in [3.63, 3.8) is 0 Å². The Kier molecular flexibility index (Phi) is 7.23. The van der Waals surface area contributed by atoms with Crippen LogP contribution in [0.3, 0.4) is 0 Å². The second kappa shape index (κ2) is 9.57. The van der Waals surface area contributed by atoms with Crippen LogP contribution in [0, 0.1) is 12.8 Å². The van der Waals surface area contributed by atoms with Crippen molar-refractivity contribution < 1.29 is 26.4 Å². The Balaban J connectivity index is 1.61. The molecule has 1 amide bonds. The number of rotatable bonds is 7. The van der Waals surface area contributed by atoms with Gasteiger partial charge in [-0.15, -0.1) is 0 Å². The lowest BCUT2D eigenvalue weighted by Crippen LogP contribution is -2.41. The van der Waals surface area contributed by atoms with Gasteiger partial charge in [0.05, 0.1) is 16.4 Å². The lowest BCUT2D eigenvalue weighted by Gasteiger charge is -2.30. The summed E-state index contributed by atoms with van der Waals surface area (Å²) < 4.78 is 55.5. The zero-order valence-corrected chi connectivity index (χ0v) is 19.6. The number of hydrogen-bond acceptors (Lipinski definition) is 6. The molecule has 9 nitrogen and oxygen atoms in total. The summed E-state index contributed by atoms with van der Waals surface area (Å²) in [5.74, 6) is 0.0719. The first-order chi connectivity index (χ1) is 15.0. The summed E-state index contributed by atoms with van der Waals surface area (Å²) in [6.45, 7) is 4.63. The van der Waals surface area contributed by atoms with Crippen molar-refractivity contribution >= 4 is 31.6 Å². The number of ether oxygens (including phenoxy) is 1. The maximum absolute atomic E-state index is 13.0. The SMILES string of the molecule is CCOc1ccc(S(=O)(=O)N2CCC(C(=O)Nc3ccc(S(N)(=O)=O)cc3)CC2)cc1C. The average Bonchev–Trinajstić information content (AvgIpc) is 2.75. The highest BCUT2D eigenvalue weighted by molar-refractivity contribution is 7.89. The molecule has 1 aliphatic rings. The molecule has 0 saturated carbocycles. The summed E-state index contributed by atoms with van der Waals surface area (Å²) in [7, 11) is -7.47.